The molecule has 4 fully saturated rings. The molecular formula is C37H60O10. The lowest BCUT2D eigenvalue weighted by Gasteiger charge is -2.26. The molecule has 10 heteroatoms. The van der Waals surface area contributed by atoms with Gasteiger partial charge in [0.15, 0.2) is 0 Å². The first-order valence-electron chi connectivity index (χ1n) is 18.9. The van der Waals surface area contributed by atoms with Crippen LogP contribution in [0, 0.1) is 23.7 Å². The van der Waals surface area contributed by atoms with Gasteiger partial charge in [0.1, 0.15) is 0 Å². The standard InChI is InChI=1S/C37H60O10/c1-3-5-7-9-11-13-15-18-42-34(38)26-22-30-32(46-30)24-28(26)36(40)44-20-17-21-45-37(41)29-25-33-31(47-33)23-27(29)35(39)43-19-16-14-12-10-8-6-4-2/h26-33H,3-25H2,1-2H3. The number of unbranched alkanes of at least 4 members (excludes halogenated alkanes) is 12. The SMILES string of the molecule is CCCCCCCCCOC(=O)C1CC2OC2CC1C(=O)OCCCOC(=O)C1CC2OC2CC1C(=O)OCCCCCCCCC. The van der Waals surface area contributed by atoms with E-state index in [2.05, 4.69) is 13.8 Å². The maximum Gasteiger partial charge on any atom is 0.309 e. The lowest BCUT2D eigenvalue weighted by atomic mass is 9.79. The van der Waals surface area contributed by atoms with Crippen molar-refractivity contribution in [1.82, 2.24) is 0 Å². The zero-order chi connectivity index (χ0) is 33.4. The van der Waals surface area contributed by atoms with Gasteiger partial charge in [0.05, 0.1) is 74.5 Å². The molecule has 8 unspecified atom stereocenters. The molecule has 0 aromatic carbocycles. The Morgan fingerprint density at radius 3 is 0.957 bits per heavy atom. The molecule has 2 saturated heterocycles. The largest absolute Gasteiger partial charge is 0.465 e. The molecule has 4 rings (SSSR count). The van der Waals surface area contributed by atoms with Crippen molar-refractivity contribution >= 4 is 23.9 Å². The van der Waals surface area contributed by atoms with Gasteiger partial charge >= 0.3 is 23.9 Å². The average Bonchev–Trinajstić information content (AvgIpc) is 4.00. The monoisotopic (exact) mass is 664 g/mol. The van der Waals surface area contributed by atoms with Crippen LogP contribution in [0.2, 0.25) is 0 Å². The fourth-order valence-electron chi connectivity index (χ4n) is 7.18. The summed E-state index contributed by atoms with van der Waals surface area (Å²) in [5.74, 6) is -3.86. The van der Waals surface area contributed by atoms with Crippen molar-refractivity contribution in [3.63, 3.8) is 0 Å². The number of epoxide rings is 2. The molecule has 2 heterocycles. The van der Waals surface area contributed by atoms with Crippen LogP contribution in [0.4, 0.5) is 0 Å². The van der Waals surface area contributed by atoms with E-state index in [0.29, 0.717) is 45.3 Å². The highest BCUT2D eigenvalue weighted by atomic mass is 16.6. The number of carbonyl (C=O) groups excluding carboxylic acids is 4. The molecule has 0 N–H and O–H groups in total. The quantitative estimate of drug-likeness (QED) is 0.0479. The van der Waals surface area contributed by atoms with Crippen LogP contribution < -0.4 is 0 Å². The van der Waals surface area contributed by atoms with Gasteiger partial charge in [0, 0.05) is 6.42 Å². The van der Waals surface area contributed by atoms with Gasteiger partial charge in [0.25, 0.3) is 0 Å². The molecule has 10 nitrogen and oxygen atoms in total. The van der Waals surface area contributed by atoms with Crippen molar-refractivity contribution < 1.29 is 47.6 Å². The first kappa shape index (κ1) is 37.6. The van der Waals surface area contributed by atoms with Crippen LogP contribution in [-0.2, 0) is 47.6 Å². The summed E-state index contributed by atoms with van der Waals surface area (Å²) < 4.78 is 33.4. The Labute approximate surface area is 281 Å². The van der Waals surface area contributed by atoms with E-state index in [4.69, 9.17) is 28.4 Å². The van der Waals surface area contributed by atoms with E-state index in [0.717, 1.165) is 38.5 Å². The molecule has 8 atom stereocenters. The van der Waals surface area contributed by atoms with Gasteiger partial charge in [-0.25, -0.2) is 0 Å². The van der Waals surface area contributed by atoms with Crippen LogP contribution >= 0.6 is 0 Å². The highest BCUT2D eigenvalue weighted by Crippen LogP contribution is 2.45. The second-order valence-corrected chi connectivity index (χ2v) is 14.1. The zero-order valence-corrected chi connectivity index (χ0v) is 29.0. The topological polar surface area (TPSA) is 130 Å². The third-order valence-electron chi connectivity index (χ3n) is 10.3. The summed E-state index contributed by atoms with van der Waals surface area (Å²) in [4.78, 5) is 51.8. The summed E-state index contributed by atoms with van der Waals surface area (Å²) in [6.45, 7) is 5.28. The zero-order valence-electron chi connectivity index (χ0n) is 29.0. The molecule has 2 saturated carbocycles. The Kier molecular flexibility index (Phi) is 16.3. The first-order chi connectivity index (χ1) is 22.9. The van der Waals surface area contributed by atoms with Gasteiger partial charge in [-0.3, -0.25) is 19.2 Å². The van der Waals surface area contributed by atoms with E-state index < -0.39 is 35.6 Å². The Bertz CT molecular complexity index is 908. The van der Waals surface area contributed by atoms with E-state index in [1.807, 2.05) is 0 Å². The molecule has 0 bridgehead atoms. The first-order valence-corrected chi connectivity index (χ1v) is 18.9. The summed E-state index contributed by atoms with van der Waals surface area (Å²) in [6.07, 6.45) is 18.1. The number of esters is 4. The molecule has 268 valence electrons. The fourth-order valence-corrected chi connectivity index (χ4v) is 7.18. The summed E-state index contributed by atoms with van der Waals surface area (Å²) >= 11 is 0. The molecular weight excluding hydrogens is 604 g/mol. The minimum absolute atomic E-state index is 0.00130. The smallest absolute Gasteiger partial charge is 0.309 e. The number of rotatable bonds is 24. The van der Waals surface area contributed by atoms with Crippen molar-refractivity contribution in [1.29, 1.82) is 0 Å². The third-order valence-corrected chi connectivity index (χ3v) is 10.3. The maximum absolute atomic E-state index is 13.0. The molecule has 2 aliphatic carbocycles. The molecule has 0 aromatic rings. The van der Waals surface area contributed by atoms with Gasteiger partial charge in [-0.1, -0.05) is 90.9 Å². The molecule has 0 amide bonds. The lowest BCUT2D eigenvalue weighted by molar-refractivity contribution is -0.164. The van der Waals surface area contributed by atoms with Crippen LogP contribution in [0.1, 0.15) is 136 Å². The number of hydrogen-bond donors (Lipinski definition) is 0. The van der Waals surface area contributed by atoms with Crippen molar-refractivity contribution in [2.45, 2.75) is 160 Å². The van der Waals surface area contributed by atoms with Crippen molar-refractivity contribution in [2.75, 3.05) is 26.4 Å². The third kappa shape index (κ3) is 12.6. The Morgan fingerprint density at radius 2 is 0.660 bits per heavy atom. The van der Waals surface area contributed by atoms with Crippen LogP contribution in [0.5, 0.6) is 0 Å². The number of hydrogen-bond acceptors (Lipinski definition) is 10. The van der Waals surface area contributed by atoms with Crippen molar-refractivity contribution in [3.05, 3.63) is 0 Å². The molecule has 0 aromatic heterocycles. The molecule has 0 spiro atoms. The van der Waals surface area contributed by atoms with E-state index in [-0.39, 0.29) is 49.6 Å². The van der Waals surface area contributed by atoms with Crippen molar-refractivity contribution in [3.8, 4) is 0 Å². The van der Waals surface area contributed by atoms with E-state index in [1.54, 1.807) is 0 Å². The summed E-state index contributed by atoms with van der Waals surface area (Å²) in [5, 5.41) is 0. The van der Waals surface area contributed by atoms with Crippen LogP contribution in [0.15, 0.2) is 0 Å². The Hall–Kier alpha value is -2.20. The van der Waals surface area contributed by atoms with Gasteiger partial charge in [0.2, 0.25) is 0 Å². The summed E-state index contributed by atoms with van der Waals surface area (Å²) in [7, 11) is 0. The van der Waals surface area contributed by atoms with Crippen LogP contribution in [0.3, 0.4) is 0 Å². The van der Waals surface area contributed by atoms with Gasteiger partial charge in [-0.05, 0) is 38.5 Å². The Balaban J connectivity index is 1.11. The van der Waals surface area contributed by atoms with Gasteiger partial charge in [-0.2, -0.15) is 0 Å². The number of fused-ring (bicyclic) bond motifs is 2. The van der Waals surface area contributed by atoms with E-state index in [1.165, 1.54) is 51.4 Å². The summed E-state index contributed by atoms with van der Waals surface area (Å²) in [5.41, 5.74) is 0. The van der Waals surface area contributed by atoms with Crippen molar-refractivity contribution in [2.24, 2.45) is 23.7 Å². The predicted molar refractivity (Wildman–Crippen MR) is 174 cm³/mol. The minimum Gasteiger partial charge on any atom is -0.465 e. The second-order valence-electron chi connectivity index (χ2n) is 14.1. The van der Waals surface area contributed by atoms with Gasteiger partial charge in [-0.15, -0.1) is 0 Å². The molecule has 0 radical (unpaired) electrons. The Morgan fingerprint density at radius 1 is 0.404 bits per heavy atom. The van der Waals surface area contributed by atoms with E-state index >= 15 is 0 Å². The van der Waals surface area contributed by atoms with Crippen LogP contribution in [0.25, 0.3) is 0 Å². The van der Waals surface area contributed by atoms with Gasteiger partial charge < -0.3 is 28.4 Å². The minimum atomic E-state index is -0.593. The lowest BCUT2D eigenvalue weighted by Crippen LogP contribution is -2.38. The molecule has 2 aliphatic heterocycles. The highest BCUT2D eigenvalue weighted by molar-refractivity contribution is 5.83. The molecule has 4 aliphatic rings. The average molecular weight is 665 g/mol. The number of ether oxygens (including phenoxy) is 6. The fraction of sp³-hybridized carbons (Fsp3) is 0.892. The van der Waals surface area contributed by atoms with E-state index in [9.17, 15) is 19.2 Å². The molecule has 47 heavy (non-hydrogen) atoms. The maximum atomic E-state index is 13.0. The second kappa shape index (κ2) is 20.3. The summed E-state index contributed by atoms with van der Waals surface area (Å²) in [6, 6.07) is 0. The highest BCUT2D eigenvalue weighted by Gasteiger charge is 2.54. The number of carbonyl (C=O) groups is 4. The predicted octanol–water partition coefficient (Wildman–Crippen LogP) is 6.64. The van der Waals surface area contributed by atoms with Crippen LogP contribution in [-0.4, -0.2) is 74.7 Å². The normalized spacial score (nSPS) is 28.8.